The third-order valence-corrected chi connectivity index (χ3v) is 2.76. The molecule has 0 saturated heterocycles. The quantitative estimate of drug-likeness (QED) is 0.595. The Morgan fingerprint density at radius 3 is 2.56 bits per heavy atom. The number of carbonyl (C=O) groups excluding carboxylic acids is 1. The molecule has 0 amide bonds. The van der Waals surface area contributed by atoms with Crippen LogP contribution in [-0.4, -0.2) is 26.4 Å². The maximum atomic E-state index is 11.4. The highest BCUT2D eigenvalue weighted by molar-refractivity contribution is 7.98. The van der Waals surface area contributed by atoms with Gasteiger partial charge in [-0.1, -0.05) is 0 Å². The van der Waals surface area contributed by atoms with E-state index in [1.165, 1.54) is 32.0 Å². The van der Waals surface area contributed by atoms with E-state index in [1.54, 1.807) is 6.07 Å². The maximum absolute atomic E-state index is 11.4. The zero-order chi connectivity index (χ0) is 12.1. The minimum absolute atomic E-state index is 0.328. The molecule has 0 aliphatic heterocycles. The van der Waals surface area contributed by atoms with Crippen molar-refractivity contribution in [2.24, 2.45) is 0 Å². The minimum atomic E-state index is -0.463. The van der Waals surface area contributed by atoms with Crippen LogP contribution in [0.3, 0.4) is 0 Å². The van der Waals surface area contributed by atoms with E-state index in [1.807, 2.05) is 12.3 Å². The van der Waals surface area contributed by atoms with Crippen molar-refractivity contribution in [3.8, 4) is 11.8 Å². The Bertz CT molecular complexity index is 451. The zero-order valence-corrected chi connectivity index (χ0v) is 10.1. The van der Waals surface area contributed by atoms with Gasteiger partial charge in [0.2, 0.25) is 0 Å². The molecule has 0 spiro atoms. The van der Waals surface area contributed by atoms with Crippen molar-refractivity contribution in [1.82, 2.24) is 0 Å². The van der Waals surface area contributed by atoms with E-state index in [4.69, 9.17) is 10.00 Å². The third kappa shape index (κ3) is 2.28. The Labute approximate surface area is 98.2 Å². The molecule has 0 aromatic heterocycles. The van der Waals surface area contributed by atoms with Gasteiger partial charge in [-0.3, -0.25) is 0 Å². The molecule has 0 fully saturated rings. The van der Waals surface area contributed by atoms with Gasteiger partial charge in [-0.05, 0) is 18.4 Å². The second-order valence-electron chi connectivity index (χ2n) is 2.86. The molecule has 0 aliphatic carbocycles. The summed E-state index contributed by atoms with van der Waals surface area (Å²) in [5, 5.41) is 8.96. The van der Waals surface area contributed by atoms with Crippen LogP contribution in [-0.2, 0) is 4.74 Å². The monoisotopic (exact) mass is 237 g/mol. The molecule has 0 unspecified atom stereocenters. The lowest BCUT2D eigenvalue weighted by Crippen LogP contribution is -2.03. The van der Waals surface area contributed by atoms with Gasteiger partial charge < -0.3 is 9.47 Å². The number of methoxy groups -OCH3 is 2. The van der Waals surface area contributed by atoms with Crippen LogP contribution in [0, 0.1) is 11.3 Å². The Morgan fingerprint density at radius 1 is 1.44 bits per heavy atom. The summed E-state index contributed by atoms with van der Waals surface area (Å²) >= 11 is 1.41. The molecular weight excluding hydrogens is 226 g/mol. The lowest BCUT2D eigenvalue weighted by Gasteiger charge is -2.09. The minimum Gasteiger partial charge on any atom is -0.494 e. The Morgan fingerprint density at radius 2 is 2.12 bits per heavy atom. The average molecular weight is 237 g/mol. The fourth-order valence-corrected chi connectivity index (χ4v) is 1.91. The molecule has 1 aromatic carbocycles. The summed E-state index contributed by atoms with van der Waals surface area (Å²) in [7, 11) is 2.80. The van der Waals surface area contributed by atoms with Crippen molar-refractivity contribution >= 4 is 17.7 Å². The van der Waals surface area contributed by atoms with Crippen molar-refractivity contribution in [2.45, 2.75) is 4.90 Å². The summed E-state index contributed by atoms with van der Waals surface area (Å²) in [5.41, 5.74) is 0.680. The van der Waals surface area contributed by atoms with Crippen LogP contribution in [0.25, 0.3) is 0 Å². The Kier molecular flexibility index (Phi) is 4.20. The highest BCUT2D eigenvalue weighted by atomic mass is 32.2. The molecule has 0 N–H and O–H groups in total. The molecule has 0 radical (unpaired) electrons. The van der Waals surface area contributed by atoms with Crippen molar-refractivity contribution in [1.29, 1.82) is 5.26 Å². The number of carbonyl (C=O) groups is 1. The highest BCUT2D eigenvalue weighted by Crippen LogP contribution is 2.32. The molecule has 0 saturated carbocycles. The largest absolute Gasteiger partial charge is 0.494 e. The van der Waals surface area contributed by atoms with E-state index in [2.05, 4.69) is 4.74 Å². The number of benzene rings is 1. The van der Waals surface area contributed by atoms with E-state index < -0.39 is 5.97 Å². The van der Waals surface area contributed by atoms with Gasteiger partial charge in [-0.15, -0.1) is 11.8 Å². The van der Waals surface area contributed by atoms with E-state index in [-0.39, 0.29) is 0 Å². The van der Waals surface area contributed by atoms with Crippen LogP contribution in [0.4, 0.5) is 0 Å². The zero-order valence-electron chi connectivity index (χ0n) is 9.23. The van der Waals surface area contributed by atoms with Gasteiger partial charge >= 0.3 is 5.97 Å². The number of nitriles is 1. The first-order valence-corrected chi connectivity index (χ1v) is 5.64. The van der Waals surface area contributed by atoms with Crippen LogP contribution < -0.4 is 4.74 Å². The smallest absolute Gasteiger partial charge is 0.337 e. The van der Waals surface area contributed by atoms with Gasteiger partial charge in [0.15, 0.2) is 0 Å². The number of hydrogen-bond donors (Lipinski definition) is 0. The summed E-state index contributed by atoms with van der Waals surface area (Å²) < 4.78 is 9.74. The van der Waals surface area contributed by atoms with Crippen molar-refractivity contribution in [3.05, 3.63) is 23.3 Å². The van der Waals surface area contributed by atoms with Gasteiger partial charge in [-0.25, -0.2) is 4.79 Å². The average Bonchev–Trinajstić information content (AvgIpc) is 2.35. The number of rotatable bonds is 3. The van der Waals surface area contributed by atoms with Crippen LogP contribution >= 0.6 is 11.8 Å². The van der Waals surface area contributed by atoms with Crippen LogP contribution in [0.15, 0.2) is 17.0 Å². The lowest BCUT2D eigenvalue weighted by atomic mass is 10.1. The maximum Gasteiger partial charge on any atom is 0.337 e. The predicted octanol–water partition coefficient (Wildman–Crippen LogP) is 2.08. The van der Waals surface area contributed by atoms with E-state index in [0.29, 0.717) is 16.9 Å². The summed E-state index contributed by atoms with van der Waals surface area (Å²) in [6.07, 6.45) is 1.85. The van der Waals surface area contributed by atoms with Gasteiger partial charge in [-0.2, -0.15) is 5.26 Å². The number of nitrogens with zero attached hydrogens (tertiary/aromatic N) is 1. The molecule has 0 heterocycles. The first-order valence-electron chi connectivity index (χ1n) is 4.42. The molecule has 0 atom stereocenters. The molecule has 0 aliphatic rings. The summed E-state index contributed by atoms with van der Waals surface area (Å²) in [4.78, 5) is 12.1. The summed E-state index contributed by atoms with van der Waals surface area (Å²) in [5.74, 6) is 0.0251. The van der Waals surface area contributed by atoms with Gasteiger partial charge in [0.05, 0.1) is 30.2 Å². The van der Waals surface area contributed by atoms with E-state index in [9.17, 15) is 4.79 Å². The molecule has 1 aromatic rings. The van der Waals surface area contributed by atoms with E-state index in [0.717, 1.165) is 4.90 Å². The fourth-order valence-electron chi connectivity index (χ4n) is 1.28. The van der Waals surface area contributed by atoms with Gasteiger partial charge in [0.1, 0.15) is 11.8 Å². The van der Waals surface area contributed by atoms with Crippen molar-refractivity contribution in [3.63, 3.8) is 0 Å². The van der Waals surface area contributed by atoms with E-state index >= 15 is 0 Å². The van der Waals surface area contributed by atoms with Crippen molar-refractivity contribution in [2.75, 3.05) is 20.5 Å². The van der Waals surface area contributed by atoms with Crippen LogP contribution in [0.2, 0.25) is 0 Å². The fraction of sp³-hybridized carbons (Fsp3) is 0.273. The van der Waals surface area contributed by atoms with Crippen LogP contribution in [0.5, 0.6) is 5.75 Å². The summed E-state index contributed by atoms with van der Waals surface area (Å²) in [6, 6.07) is 5.11. The predicted molar refractivity (Wildman–Crippen MR) is 60.8 cm³/mol. The van der Waals surface area contributed by atoms with Gasteiger partial charge in [0, 0.05) is 0 Å². The second-order valence-corrected chi connectivity index (χ2v) is 3.71. The number of thioether (sulfide) groups is 1. The van der Waals surface area contributed by atoms with Crippen LogP contribution in [0.1, 0.15) is 15.9 Å². The van der Waals surface area contributed by atoms with Gasteiger partial charge in [0.25, 0.3) is 0 Å². The first-order chi connectivity index (χ1) is 7.67. The van der Waals surface area contributed by atoms with Crippen molar-refractivity contribution < 1.29 is 14.3 Å². The standard InChI is InChI=1S/C11H11NO3S/c1-14-10-8(6-12)4-7(11(13)15-2)5-9(10)16-3/h4-5H,1-3H3. The Hall–Kier alpha value is -1.67. The molecular formula is C11H11NO3S. The topological polar surface area (TPSA) is 59.3 Å². The second kappa shape index (κ2) is 5.42. The molecule has 84 valence electrons. The lowest BCUT2D eigenvalue weighted by molar-refractivity contribution is 0.0600. The number of esters is 1. The highest BCUT2D eigenvalue weighted by Gasteiger charge is 2.15. The molecule has 1 rings (SSSR count). The molecule has 0 bridgehead atoms. The summed E-state index contributed by atoms with van der Waals surface area (Å²) in [6.45, 7) is 0. The molecule has 4 nitrogen and oxygen atoms in total. The Balaban J connectivity index is 3.38. The number of ether oxygens (including phenoxy) is 2. The third-order valence-electron chi connectivity index (χ3n) is 2.02. The number of hydrogen-bond acceptors (Lipinski definition) is 5. The normalized spacial score (nSPS) is 9.38. The first kappa shape index (κ1) is 12.4. The molecule has 5 heteroatoms. The SMILES string of the molecule is COC(=O)c1cc(C#N)c(OC)c(SC)c1. The molecule has 16 heavy (non-hydrogen) atoms.